The first-order chi connectivity index (χ1) is 25.2. The number of aromatic nitrogens is 2. The second-order valence-electron chi connectivity index (χ2n) is 13.9. The molecular weight excluding hydrogens is 800 g/mol. The second-order valence-corrected chi connectivity index (χ2v) is 19.0. The topological polar surface area (TPSA) is 38.9 Å². The van der Waals surface area contributed by atoms with Crippen LogP contribution in [-0.2, 0) is 25.5 Å². The number of hydrogen-bond acceptors (Lipinski definition) is 3. The molecule has 6 heteroatoms. The maximum absolute atomic E-state index is 12.8. The molecule has 251 valence electrons. The van der Waals surface area contributed by atoms with Crippen LogP contribution in [0.5, 0.6) is 0 Å². The number of hydrogen-bond donors (Lipinski definition) is 0. The van der Waals surface area contributed by atoms with Gasteiger partial charge in [-0.2, -0.15) is 0 Å². The van der Waals surface area contributed by atoms with E-state index >= 15 is 0 Å². The first kappa shape index (κ1) is 28.6. The van der Waals surface area contributed by atoms with Crippen molar-refractivity contribution in [3.8, 4) is 33.6 Å². The Labute approximate surface area is 312 Å². The summed E-state index contributed by atoms with van der Waals surface area (Å²) in [6.45, 7) is 7.94. The van der Waals surface area contributed by atoms with Gasteiger partial charge in [-0.3, -0.25) is 4.39 Å². The minimum atomic E-state index is -2.50. The Hall–Kier alpha value is -4.22. The third kappa shape index (κ3) is 7.83. The first-order valence-corrected chi connectivity index (χ1v) is 19.3. The summed E-state index contributed by atoms with van der Waals surface area (Å²) in [5.41, 5.74) is 5.32. The van der Waals surface area contributed by atoms with Gasteiger partial charge in [0.2, 0.25) is 0 Å². The van der Waals surface area contributed by atoms with Crippen molar-refractivity contribution in [3.05, 3.63) is 138 Å². The number of nitrogens with zero attached hydrogens (tertiary/aromatic N) is 2. The van der Waals surface area contributed by atoms with E-state index in [4.69, 9.17) is 12.6 Å². The number of aryl methyl sites for hydroxylation is 2. The minimum absolute atomic E-state index is 0. The molecule has 4 aromatic carbocycles. The van der Waals surface area contributed by atoms with Gasteiger partial charge in [-0.25, -0.2) is 0 Å². The number of pyridine rings is 2. The molecule has 0 fully saturated rings. The van der Waals surface area contributed by atoms with E-state index < -0.39 is 21.8 Å². The largest absolute Gasteiger partial charge is 0.501 e. The van der Waals surface area contributed by atoms with E-state index in [2.05, 4.69) is 47.8 Å². The minimum Gasteiger partial charge on any atom is -0.501 e. The van der Waals surface area contributed by atoms with Crippen LogP contribution in [0.3, 0.4) is 0 Å². The molecule has 49 heavy (non-hydrogen) atoms. The van der Waals surface area contributed by atoms with E-state index in [0.29, 0.717) is 28.0 Å². The van der Waals surface area contributed by atoms with Crippen LogP contribution in [0.2, 0.25) is 19.6 Å². The summed E-state index contributed by atoms with van der Waals surface area (Å²) in [4.78, 5) is 8.90. The average Bonchev–Trinajstić information content (AvgIpc) is 3.49. The molecule has 0 amide bonds. The van der Waals surface area contributed by atoms with Gasteiger partial charge in [-0.15, -0.1) is 48.0 Å². The van der Waals surface area contributed by atoms with Crippen molar-refractivity contribution >= 4 is 35.2 Å². The van der Waals surface area contributed by atoms with Crippen molar-refractivity contribution < 1.29 is 37.1 Å². The quantitative estimate of drug-likeness (QED) is 0.131. The number of furan rings is 1. The standard InChI is InChI=1S/C29H26NO.C14H15FNSi.Ir/c1-18-15-20(29(3,4)5)13-14-21(18)25-16-26(30-17-19(25)2)24-11-8-10-23-22-9-6-7-12-27(22)31-28(23)24;1-17(2,3)13-8-9-14(16-10-13)11-4-6-12(15)7-5-11;/h6-10,12-17H,1-5H3;4,6-10H,1-3H3;/q2*-1;/i1D3,2D3;;. The van der Waals surface area contributed by atoms with E-state index in [9.17, 15) is 4.39 Å². The Kier molecular flexibility index (Phi) is 8.36. The molecule has 0 aliphatic heterocycles. The molecule has 0 saturated carbocycles. The number of halogens is 1. The number of para-hydroxylation sites is 1. The predicted octanol–water partition coefficient (Wildman–Crippen LogP) is 11.3. The van der Waals surface area contributed by atoms with Gasteiger partial charge in [0.05, 0.1) is 13.7 Å². The van der Waals surface area contributed by atoms with Crippen molar-refractivity contribution in [2.45, 2.75) is 59.5 Å². The molecule has 0 unspecified atom stereocenters. The summed E-state index contributed by atoms with van der Waals surface area (Å²) in [6.07, 6.45) is 3.24. The predicted molar refractivity (Wildman–Crippen MR) is 201 cm³/mol. The zero-order valence-corrected chi connectivity index (χ0v) is 31.7. The fraction of sp³-hybridized carbons (Fsp3) is 0.209. The molecule has 1 radical (unpaired) electrons. The van der Waals surface area contributed by atoms with Crippen LogP contribution in [0.1, 0.15) is 45.7 Å². The van der Waals surface area contributed by atoms with Gasteiger partial charge in [-0.05, 0) is 69.6 Å². The van der Waals surface area contributed by atoms with Gasteiger partial charge in [0.25, 0.3) is 0 Å². The maximum Gasteiger partial charge on any atom is 0.120 e. The summed E-state index contributed by atoms with van der Waals surface area (Å²) in [5, 5.41) is 3.17. The van der Waals surface area contributed by atoms with Gasteiger partial charge >= 0.3 is 0 Å². The van der Waals surface area contributed by atoms with Crippen molar-refractivity contribution in [3.63, 3.8) is 0 Å². The van der Waals surface area contributed by atoms with E-state index in [1.807, 2.05) is 69.4 Å². The second kappa shape index (κ2) is 14.3. The molecule has 0 atom stereocenters. The third-order valence-electron chi connectivity index (χ3n) is 8.35. The molecular formula is C43H41FIrN2OSi-2. The molecule has 3 heterocycles. The summed E-state index contributed by atoms with van der Waals surface area (Å²) < 4.78 is 68.0. The smallest absolute Gasteiger partial charge is 0.120 e. The van der Waals surface area contributed by atoms with Gasteiger partial charge in [0.1, 0.15) is 5.58 Å². The Morgan fingerprint density at radius 3 is 2.22 bits per heavy atom. The van der Waals surface area contributed by atoms with Crippen molar-refractivity contribution in [1.29, 1.82) is 0 Å². The monoisotopic (exact) mass is 847 g/mol. The van der Waals surface area contributed by atoms with E-state index in [1.54, 1.807) is 30.3 Å². The first-order valence-electron chi connectivity index (χ1n) is 18.8. The normalized spacial score (nSPS) is 13.9. The molecule has 0 aliphatic carbocycles. The van der Waals surface area contributed by atoms with Gasteiger partial charge < -0.3 is 14.4 Å². The summed E-state index contributed by atoms with van der Waals surface area (Å²) in [7, 11) is -1.30. The molecule has 0 aliphatic rings. The van der Waals surface area contributed by atoms with Crippen molar-refractivity contribution in [1.82, 2.24) is 9.97 Å². The van der Waals surface area contributed by atoms with Crippen LogP contribution in [0.4, 0.5) is 4.39 Å². The SMILES string of the molecule is C[Si](C)(C)c1ccc(-c2[c-]cc(F)cc2)nc1.[2H]C([2H])([2H])c1cnc(-c2[c-]ccc3c2oc2ccccc23)cc1-c1ccc(C(C)(C)C)cc1C([2H])([2H])[2H].[Ir]. The molecule has 7 rings (SSSR count). The molecule has 0 N–H and O–H groups in total. The number of rotatable bonds is 4. The maximum atomic E-state index is 12.8. The van der Waals surface area contributed by atoms with Gasteiger partial charge in [-0.1, -0.05) is 106 Å². The van der Waals surface area contributed by atoms with Crippen molar-refractivity contribution in [2.24, 2.45) is 0 Å². The van der Waals surface area contributed by atoms with Crippen LogP contribution in [0.25, 0.3) is 55.6 Å². The van der Waals surface area contributed by atoms with E-state index in [-0.39, 0.29) is 42.5 Å². The van der Waals surface area contributed by atoms with Gasteiger partial charge in [0.15, 0.2) is 0 Å². The van der Waals surface area contributed by atoms with E-state index in [0.717, 1.165) is 33.2 Å². The molecule has 7 aromatic rings. The van der Waals surface area contributed by atoms with Crippen LogP contribution in [0, 0.1) is 31.7 Å². The Morgan fingerprint density at radius 2 is 1.55 bits per heavy atom. The van der Waals surface area contributed by atoms with E-state index in [1.165, 1.54) is 23.5 Å². The molecule has 0 saturated heterocycles. The third-order valence-corrected chi connectivity index (χ3v) is 10.4. The summed E-state index contributed by atoms with van der Waals surface area (Å²) >= 11 is 0. The summed E-state index contributed by atoms with van der Waals surface area (Å²) in [6, 6.07) is 32.9. The molecule has 3 nitrogen and oxygen atoms in total. The Balaban J connectivity index is 0.000000271. The average molecular weight is 847 g/mol. The Bertz CT molecular complexity index is 2450. The fourth-order valence-corrected chi connectivity index (χ4v) is 6.54. The zero-order valence-electron chi connectivity index (χ0n) is 34.3. The number of benzene rings is 4. The van der Waals surface area contributed by atoms with Crippen LogP contribution in [-0.4, -0.2) is 18.0 Å². The van der Waals surface area contributed by atoms with Crippen LogP contribution >= 0.6 is 0 Å². The molecule has 0 spiro atoms. The van der Waals surface area contributed by atoms with Gasteiger partial charge in [0, 0.05) is 51.9 Å². The molecule has 3 aromatic heterocycles. The van der Waals surface area contributed by atoms with Crippen LogP contribution in [0.15, 0.2) is 108 Å². The Morgan fingerprint density at radius 1 is 0.776 bits per heavy atom. The fourth-order valence-electron chi connectivity index (χ4n) is 5.50. The van der Waals surface area contributed by atoms with Crippen molar-refractivity contribution in [2.75, 3.05) is 0 Å². The molecule has 0 bridgehead atoms. The number of fused-ring (bicyclic) bond motifs is 3. The summed E-state index contributed by atoms with van der Waals surface area (Å²) in [5.74, 6) is -0.271. The zero-order chi connectivity index (χ0) is 39.2. The van der Waals surface area contributed by atoms with Crippen LogP contribution < -0.4 is 5.19 Å².